The molecule has 2 bridgehead atoms. The lowest BCUT2D eigenvalue weighted by molar-refractivity contribution is 0.228. The van der Waals surface area contributed by atoms with Gasteiger partial charge < -0.3 is 5.73 Å². The van der Waals surface area contributed by atoms with Crippen LogP contribution in [0.2, 0.25) is 0 Å². The summed E-state index contributed by atoms with van der Waals surface area (Å²) in [5, 5.41) is 0. The van der Waals surface area contributed by atoms with Crippen LogP contribution in [-0.4, -0.2) is 6.54 Å². The summed E-state index contributed by atoms with van der Waals surface area (Å²) in [6.45, 7) is 0.818. The van der Waals surface area contributed by atoms with Gasteiger partial charge in [-0.1, -0.05) is 30.9 Å². The van der Waals surface area contributed by atoms with Crippen molar-refractivity contribution >= 4 is 0 Å². The van der Waals surface area contributed by atoms with Crippen molar-refractivity contribution in [2.45, 2.75) is 44.9 Å². The Balaban J connectivity index is 1.93. The predicted molar refractivity (Wildman–Crippen MR) is 56.4 cm³/mol. The summed E-state index contributed by atoms with van der Waals surface area (Å²) >= 11 is 0. The van der Waals surface area contributed by atoms with Crippen molar-refractivity contribution in [3.63, 3.8) is 0 Å². The summed E-state index contributed by atoms with van der Waals surface area (Å²) < 4.78 is 0. The molecule has 2 unspecified atom stereocenters. The second kappa shape index (κ2) is 4.28. The lowest BCUT2D eigenvalue weighted by Gasteiger charge is -2.35. The topological polar surface area (TPSA) is 26.0 Å². The summed E-state index contributed by atoms with van der Waals surface area (Å²) in [7, 11) is 0. The van der Waals surface area contributed by atoms with Crippen LogP contribution in [0.5, 0.6) is 0 Å². The fourth-order valence-electron chi connectivity index (χ4n) is 3.05. The van der Waals surface area contributed by atoms with Crippen LogP contribution in [-0.2, 0) is 0 Å². The zero-order valence-corrected chi connectivity index (χ0v) is 8.47. The molecule has 0 amide bonds. The maximum absolute atomic E-state index is 5.52. The van der Waals surface area contributed by atoms with Gasteiger partial charge >= 0.3 is 0 Å². The minimum atomic E-state index is 0.818. The number of fused-ring (bicyclic) bond motifs is 2. The molecule has 0 aromatic heterocycles. The molecule has 13 heavy (non-hydrogen) atoms. The van der Waals surface area contributed by atoms with Crippen LogP contribution >= 0.6 is 0 Å². The average molecular weight is 179 g/mol. The van der Waals surface area contributed by atoms with E-state index >= 15 is 0 Å². The first-order valence-corrected chi connectivity index (χ1v) is 5.76. The van der Waals surface area contributed by atoms with E-state index in [1.165, 1.54) is 38.5 Å². The van der Waals surface area contributed by atoms with Crippen LogP contribution in [0, 0.1) is 11.8 Å². The Morgan fingerprint density at radius 2 is 1.92 bits per heavy atom. The summed E-state index contributed by atoms with van der Waals surface area (Å²) in [5.74, 6) is 2.05. The van der Waals surface area contributed by atoms with E-state index < -0.39 is 0 Å². The summed E-state index contributed by atoms with van der Waals surface area (Å²) in [6.07, 6.45) is 12.2. The van der Waals surface area contributed by atoms with E-state index in [1.54, 1.807) is 5.57 Å². The van der Waals surface area contributed by atoms with Gasteiger partial charge in [-0.2, -0.15) is 0 Å². The highest BCUT2D eigenvalue weighted by Gasteiger charge is 2.27. The van der Waals surface area contributed by atoms with Crippen molar-refractivity contribution in [2.24, 2.45) is 17.6 Å². The molecule has 1 nitrogen and oxygen atoms in total. The van der Waals surface area contributed by atoms with Gasteiger partial charge in [-0.05, 0) is 44.1 Å². The van der Waals surface area contributed by atoms with E-state index in [4.69, 9.17) is 5.73 Å². The summed E-state index contributed by atoms with van der Waals surface area (Å²) in [6, 6.07) is 0. The smallest absolute Gasteiger partial charge is 0.00425 e. The number of nitrogens with two attached hydrogens (primary N) is 1. The van der Waals surface area contributed by atoms with Gasteiger partial charge in [0.15, 0.2) is 0 Å². The van der Waals surface area contributed by atoms with Gasteiger partial charge in [0.05, 0.1) is 0 Å². The maximum Gasteiger partial charge on any atom is -0.00425 e. The van der Waals surface area contributed by atoms with Gasteiger partial charge in [-0.3, -0.25) is 0 Å². The molecule has 0 aromatic rings. The molecule has 2 atom stereocenters. The molecule has 2 N–H and O–H groups in total. The lowest BCUT2D eigenvalue weighted by atomic mass is 9.70. The number of hydrogen-bond donors (Lipinski definition) is 1. The lowest BCUT2D eigenvalue weighted by Crippen LogP contribution is -2.22. The number of hydrogen-bond acceptors (Lipinski definition) is 1. The average Bonchev–Trinajstić information content (AvgIpc) is 2.14. The molecule has 74 valence electrons. The minimum absolute atomic E-state index is 0.818. The second-order valence-electron chi connectivity index (χ2n) is 4.75. The fourth-order valence-corrected chi connectivity index (χ4v) is 3.05. The van der Waals surface area contributed by atoms with Gasteiger partial charge in [-0.25, -0.2) is 0 Å². The molecule has 2 aliphatic carbocycles. The zero-order valence-electron chi connectivity index (χ0n) is 8.47. The van der Waals surface area contributed by atoms with E-state index in [2.05, 4.69) is 6.08 Å². The highest BCUT2D eigenvalue weighted by Crippen LogP contribution is 2.42. The molecule has 2 aliphatic rings. The standard InChI is InChI=1S/C12H21N/c13-6-2-5-12-8-10-3-1-4-11(7-10)9-12/h5,10-11H,1-4,6-9,13H2. The van der Waals surface area contributed by atoms with E-state index in [1.807, 2.05) is 0 Å². The first kappa shape index (κ1) is 9.26. The monoisotopic (exact) mass is 179 g/mol. The summed E-state index contributed by atoms with van der Waals surface area (Å²) in [4.78, 5) is 0. The molecular weight excluding hydrogens is 158 g/mol. The molecular formula is C12H21N. The molecule has 0 heterocycles. The van der Waals surface area contributed by atoms with Gasteiger partial charge in [0.25, 0.3) is 0 Å². The highest BCUT2D eigenvalue weighted by atomic mass is 14.5. The Morgan fingerprint density at radius 1 is 1.23 bits per heavy atom. The van der Waals surface area contributed by atoms with Crippen molar-refractivity contribution in [3.8, 4) is 0 Å². The van der Waals surface area contributed by atoms with E-state index in [0.29, 0.717) is 0 Å². The number of allylic oxidation sites excluding steroid dienone is 1. The van der Waals surface area contributed by atoms with Crippen molar-refractivity contribution in [1.82, 2.24) is 0 Å². The Kier molecular flexibility index (Phi) is 3.05. The molecule has 0 aliphatic heterocycles. The van der Waals surface area contributed by atoms with E-state index in [9.17, 15) is 0 Å². The van der Waals surface area contributed by atoms with Crippen molar-refractivity contribution in [2.75, 3.05) is 6.54 Å². The molecule has 1 heteroatoms. The Hall–Kier alpha value is -0.300. The van der Waals surface area contributed by atoms with Gasteiger partial charge in [0.2, 0.25) is 0 Å². The minimum Gasteiger partial charge on any atom is -0.330 e. The zero-order chi connectivity index (χ0) is 9.10. The largest absolute Gasteiger partial charge is 0.330 e. The van der Waals surface area contributed by atoms with Crippen LogP contribution < -0.4 is 5.73 Å². The summed E-state index contributed by atoms with van der Waals surface area (Å²) in [5.41, 5.74) is 7.23. The third kappa shape index (κ3) is 2.34. The van der Waals surface area contributed by atoms with Crippen LogP contribution in [0.4, 0.5) is 0 Å². The van der Waals surface area contributed by atoms with Crippen LogP contribution in [0.1, 0.15) is 44.9 Å². The molecule has 2 fully saturated rings. The van der Waals surface area contributed by atoms with Crippen molar-refractivity contribution < 1.29 is 0 Å². The molecule has 0 aromatic carbocycles. The fraction of sp³-hybridized carbons (Fsp3) is 0.833. The molecule has 0 spiro atoms. The second-order valence-corrected chi connectivity index (χ2v) is 4.75. The SMILES string of the molecule is NCCC=C1CC2CCCC(C1)C2. The van der Waals surface area contributed by atoms with Gasteiger partial charge in [0.1, 0.15) is 0 Å². The third-order valence-corrected chi connectivity index (χ3v) is 3.59. The Morgan fingerprint density at radius 3 is 2.54 bits per heavy atom. The van der Waals surface area contributed by atoms with Crippen molar-refractivity contribution in [3.05, 3.63) is 11.6 Å². The van der Waals surface area contributed by atoms with E-state index in [-0.39, 0.29) is 0 Å². The third-order valence-electron chi connectivity index (χ3n) is 3.59. The Labute approximate surface area is 81.4 Å². The van der Waals surface area contributed by atoms with Gasteiger partial charge in [0, 0.05) is 0 Å². The molecule has 2 rings (SSSR count). The first-order valence-electron chi connectivity index (χ1n) is 5.76. The highest BCUT2D eigenvalue weighted by molar-refractivity contribution is 5.08. The van der Waals surface area contributed by atoms with Crippen LogP contribution in [0.25, 0.3) is 0 Å². The molecule has 2 saturated carbocycles. The first-order chi connectivity index (χ1) is 6.38. The van der Waals surface area contributed by atoms with Crippen molar-refractivity contribution in [1.29, 1.82) is 0 Å². The van der Waals surface area contributed by atoms with E-state index in [0.717, 1.165) is 24.8 Å². The molecule has 0 radical (unpaired) electrons. The maximum atomic E-state index is 5.52. The quantitative estimate of drug-likeness (QED) is 0.648. The molecule has 0 saturated heterocycles. The van der Waals surface area contributed by atoms with Crippen LogP contribution in [0.3, 0.4) is 0 Å². The predicted octanol–water partition coefficient (Wildman–Crippen LogP) is 2.86. The normalized spacial score (nSPS) is 33.2. The van der Waals surface area contributed by atoms with Gasteiger partial charge in [-0.15, -0.1) is 0 Å². The van der Waals surface area contributed by atoms with Crippen LogP contribution in [0.15, 0.2) is 11.6 Å². The number of rotatable bonds is 2. The Bertz CT molecular complexity index is 181.